The van der Waals surface area contributed by atoms with Crippen molar-refractivity contribution in [1.82, 2.24) is 0 Å². The molecule has 3 aromatic rings. The normalized spacial score (nSPS) is 25.5. The Bertz CT molecular complexity index is 1470. The maximum Gasteiger partial charge on any atom is 0.330 e. The van der Waals surface area contributed by atoms with E-state index in [0.717, 1.165) is 6.08 Å². The quantitative estimate of drug-likeness (QED) is 0.176. The molecule has 1 saturated heterocycles. The van der Waals surface area contributed by atoms with Crippen LogP contribution in [0.4, 0.5) is 0 Å². The lowest BCUT2D eigenvalue weighted by molar-refractivity contribution is -0.278. The molecule has 0 saturated carbocycles. The monoisotopic (exact) mass is 580 g/mol. The van der Waals surface area contributed by atoms with Crippen LogP contribution in [0.15, 0.2) is 66.7 Å². The van der Waals surface area contributed by atoms with Crippen molar-refractivity contribution in [3.05, 3.63) is 83.4 Å². The van der Waals surface area contributed by atoms with E-state index >= 15 is 0 Å². The van der Waals surface area contributed by atoms with Gasteiger partial charge in [-0.25, -0.2) is 4.79 Å². The highest BCUT2D eigenvalue weighted by Gasteiger charge is 2.46. The summed E-state index contributed by atoms with van der Waals surface area (Å²) >= 11 is 0. The number of Topliss-reactive ketones (excluding diaryl/α,β-unsaturated/α-hetero) is 1. The first-order chi connectivity index (χ1) is 20.1. The summed E-state index contributed by atoms with van der Waals surface area (Å²) in [5.74, 6) is -1.93. The number of carbonyl (C=O) groups is 2. The maximum atomic E-state index is 12.8. The molecular formula is C30H28O12. The van der Waals surface area contributed by atoms with E-state index in [1.165, 1.54) is 42.5 Å². The molecule has 0 radical (unpaired) electrons. The second kappa shape index (κ2) is 12.1. The van der Waals surface area contributed by atoms with Crippen LogP contribution in [0.3, 0.4) is 0 Å². The summed E-state index contributed by atoms with van der Waals surface area (Å²) in [4.78, 5) is 24.9. The predicted molar refractivity (Wildman–Crippen MR) is 144 cm³/mol. The zero-order valence-corrected chi connectivity index (χ0v) is 21.9. The number of esters is 1. The molecule has 42 heavy (non-hydrogen) atoms. The number of ketones is 1. The zero-order chi connectivity index (χ0) is 30.0. The van der Waals surface area contributed by atoms with Gasteiger partial charge in [0.1, 0.15) is 48.6 Å². The topological polar surface area (TPSA) is 192 Å². The van der Waals surface area contributed by atoms with Crippen molar-refractivity contribution in [2.24, 2.45) is 0 Å². The highest BCUT2D eigenvalue weighted by Crippen LogP contribution is 2.46. The number of fused-ring (bicyclic) bond motifs is 1. The van der Waals surface area contributed by atoms with Gasteiger partial charge in [-0.05, 0) is 53.6 Å². The Labute approximate surface area is 239 Å². The largest absolute Gasteiger partial charge is 0.508 e. The van der Waals surface area contributed by atoms with Gasteiger partial charge in [-0.1, -0.05) is 24.3 Å². The third-order valence-electron chi connectivity index (χ3n) is 6.90. The van der Waals surface area contributed by atoms with Gasteiger partial charge in [0, 0.05) is 6.08 Å². The van der Waals surface area contributed by atoms with Crippen LogP contribution in [0.25, 0.3) is 6.08 Å². The van der Waals surface area contributed by atoms with Gasteiger partial charge in [-0.2, -0.15) is 0 Å². The van der Waals surface area contributed by atoms with Crippen LogP contribution in [0.2, 0.25) is 0 Å². The lowest BCUT2D eigenvalue weighted by Gasteiger charge is -2.40. The maximum absolute atomic E-state index is 12.8. The molecule has 6 atom stereocenters. The van der Waals surface area contributed by atoms with E-state index in [9.17, 15) is 40.2 Å². The van der Waals surface area contributed by atoms with Crippen molar-refractivity contribution in [3.8, 4) is 28.7 Å². The smallest absolute Gasteiger partial charge is 0.330 e. The van der Waals surface area contributed by atoms with Crippen molar-refractivity contribution in [1.29, 1.82) is 0 Å². The molecule has 6 unspecified atom stereocenters. The minimum absolute atomic E-state index is 0.00349. The van der Waals surface area contributed by atoms with Crippen LogP contribution in [0.5, 0.6) is 28.7 Å². The fourth-order valence-electron chi connectivity index (χ4n) is 4.56. The van der Waals surface area contributed by atoms with Crippen molar-refractivity contribution in [2.75, 3.05) is 6.61 Å². The molecule has 2 aliphatic heterocycles. The Morgan fingerprint density at radius 3 is 2.24 bits per heavy atom. The van der Waals surface area contributed by atoms with E-state index in [4.69, 9.17) is 18.9 Å². The number of aliphatic hydroxyl groups is 3. The molecule has 12 nitrogen and oxygen atoms in total. The second-order valence-corrected chi connectivity index (χ2v) is 9.80. The zero-order valence-electron chi connectivity index (χ0n) is 21.9. The van der Waals surface area contributed by atoms with Gasteiger partial charge in [0.15, 0.2) is 17.3 Å². The minimum atomic E-state index is -1.76. The number of ether oxygens (including phenoxy) is 4. The van der Waals surface area contributed by atoms with Crippen LogP contribution in [0, 0.1) is 0 Å². The van der Waals surface area contributed by atoms with E-state index in [1.54, 1.807) is 24.3 Å². The van der Waals surface area contributed by atoms with E-state index in [1.807, 2.05) is 0 Å². The van der Waals surface area contributed by atoms with Gasteiger partial charge in [-0.3, -0.25) is 4.79 Å². The molecule has 2 heterocycles. The number of hydrogen-bond acceptors (Lipinski definition) is 12. The van der Waals surface area contributed by atoms with Crippen molar-refractivity contribution >= 4 is 17.8 Å². The molecule has 0 amide bonds. The van der Waals surface area contributed by atoms with E-state index in [-0.39, 0.29) is 40.8 Å². The molecule has 2 aliphatic rings. The van der Waals surface area contributed by atoms with Crippen LogP contribution in [-0.4, -0.2) is 79.7 Å². The lowest BCUT2D eigenvalue weighted by atomic mass is 9.95. The number of hydrogen-bond donors (Lipinski definition) is 6. The summed E-state index contributed by atoms with van der Waals surface area (Å²) in [6, 6.07) is 14.8. The molecule has 0 bridgehead atoms. The number of rotatable bonds is 7. The van der Waals surface area contributed by atoms with Gasteiger partial charge in [0.05, 0.1) is 12.0 Å². The summed E-state index contributed by atoms with van der Waals surface area (Å²) in [6.45, 7) is -0.508. The number of aromatic hydroxyl groups is 3. The summed E-state index contributed by atoms with van der Waals surface area (Å²) in [7, 11) is 0. The average molecular weight is 581 g/mol. The number of aliphatic hydroxyl groups excluding tert-OH is 3. The molecular weight excluding hydrogens is 552 g/mol. The van der Waals surface area contributed by atoms with Crippen molar-refractivity contribution in [3.63, 3.8) is 0 Å². The SMILES string of the molecule is O=C(/C=C/c1ccc(O)cc1)OCC1OC(Oc2ccc3c(c2O)OC(c2ccc(O)cc2)CC3=O)C(O)C(O)C1O. The Hall–Kier alpha value is -4.62. The van der Waals surface area contributed by atoms with Gasteiger partial charge >= 0.3 is 5.97 Å². The molecule has 0 spiro atoms. The Morgan fingerprint density at radius 2 is 1.55 bits per heavy atom. The molecule has 5 rings (SSSR count). The first kappa shape index (κ1) is 28.9. The molecule has 220 valence electrons. The van der Waals surface area contributed by atoms with E-state index in [0.29, 0.717) is 11.1 Å². The van der Waals surface area contributed by atoms with Crippen LogP contribution >= 0.6 is 0 Å². The summed E-state index contributed by atoms with van der Waals surface area (Å²) in [5.41, 5.74) is 1.33. The van der Waals surface area contributed by atoms with Gasteiger partial charge in [0.25, 0.3) is 0 Å². The lowest BCUT2D eigenvalue weighted by Crippen LogP contribution is -2.60. The molecule has 0 aliphatic carbocycles. The number of phenols is 3. The minimum Gasteiger partial charge on any atom is -0.508 e. The molecule has 6 N–H and O–H groups in total. The Morgan fingerprint density at radius 1 is 0.881 bits per heavy atom. The summed E-state index contributed by atoms with van der Waals surface area (Å²) in [5, 5.41) is 61.1. The highest BCUT2D eigenvalue weighted by atomic mass is 16.7. The van der Waals surface area contributed by atoms with Crippen LogP contribution in [-0.2, 0) is 14.3 Å². The Kier molecular flexibility index (Phi) is 8.31. The van der Waals surface area contributed by atoms with Crippen LogP contribution in [0.1, 0.15) is 34.0 Å². The Balaban J connectivity index is 1.27. The number of benzene rings is 3. The van der Waals surface area contributed by atoms with Crippen molar-refractivity contribution in [2.45, 2.75) is 43.2 Å². The number of phenolic OH excluding ortho intramolecular Hbond substituents is 3. The van der Waals surface area contributed by atoms with Crippen LogP contribution < -0.4 is 9.47 Å². The molecule has 3 aromatic carbocycles. The summed E-state index contributed by atoms with van der Waals surface area (Å²) < 4.78 is 22.2. The fourth-order valence-corrected chi connectivity index (χ4v) is 4.56. The second-order valence-electron chi connectivity index (χ2n) is 9.80. The molecule has 1 fully saturated rings. The van der Waals surface area contributed by atoms with Gasteiger partial charge in [-0.15, -0.1) is 0 Å². The van der Waals surface area contributed by atoms with E-state index in [2.05, 4.69) is 0 Å². The van der Waals surface area contributed by atoms with Crippen molar-refractivity contribution < 1.29 is 59.2 Å². The fraction of sp³-hybridized carbons (Fsp3) is 0.267. The third kappa shape index (κ3) is 6.16. The molecule has 12 heteroatoms. The standard InChI is InChI=1S/C30H28O12/c31-17-6-1-15(2-7-17)3-12-24(34)39-14-23-25(35)27(37)28(38)30(42-23)41-21-11-10-19-20(33)13-22(40-29(19)26(21)36)16-4-8-18(32)9-5-16/h1-12,22-23,25,27-28,30-32,35-38H,13-14H2/b12-3+. The summed E-state index contributed by atoms with van der Waals surface area (Å²) in [6.07, 6.45) is -6.26. The number of carbonyl (C=O) groups excluding carboxylic acids is 2. The van der Waals surface area contributed by atoms with Gasteiger partial charge in [0.2, 0.25) is 12.0 Å². The first-order valence-corrected chi connectivity index (χ1v) is 13.0. The van der Waals surface area contributed by atoms with E-state index < -0.39 is 55.1 Å². The molecule has 0 aromatic heterocycles. The predicted octanol–water partition coefficient (Wildman–Crippen LogP) is 1.95. The van der Waals surface area contributed by atoms with Gasteiger partial charge < -0.3 is 49.6 Å². The first-order valence-electron chi connectivity index (χ1n) is 13.0. The average Bonchev–Trinajstić information content (AvgIpc) is 2.98. The highest BCUT2D eigenvalue weighted by molar-refractivity contribution is 6.01. The third-order valence-corrected chi connectivity index (χ3v) is 6.90.